The largest absolute Gasteiger partial charge is 0.325 e. The van der Waals surface area contributed by atoms with Gasteiger partial charge in [0, 0.05) is 34.0 Å². The maximum atomic E-state index is 12.6. The third kappa shape index (κ3) is 5.95. The molecule has 3 rings (SSSR count). The molecule has 3 aromatic carbocycles. The van der Waals surface area contributed by atoms with Crippen molar-refractivity contribution in [3.63, 3.8) is 0 Å². The lowest BCUT2D eigenvalue weighted by Crippen LogP contribution is -2.22. The molecule has 1 atom stereocenters. The quantitative estimate of drug-likeness (QED) is 0.278. The van der Waals surface area contributed by atoms with Crippen LogP contribution in [0.4, 0.5) is 17.1 Å². The molecule has 7 nitrogen and oxygen atoms in total. The van der Waals surface area contributed by atoms with Crippen LogP contribution < -0.4 is 10.6 Å². The zero-order valence-electron chi connectivity index (χ0n) is 17.9. The minimum absolute atomic E-state index is 0.0707. The molecule has 0 aliphatic heterocycles. The summed E-state index contributed by atoms with van der Waals surface area (Å²) in [6, 6.07) is 18.5. The summed E-state index contributed by atoms with van der Waals surface area (Å²) in [5, 5.41) is 16.1. The van der Waals surface area contributed by atoms with Crippen LogP contribution in [-0.2, 0) is 4.79 Å². The van der Waals surface area contributed by atoms with Crippen LogP contribution in [0.3, 0.4) is 0 Å². The summed E-state index contributed by atoms with van der Waals surface area (Å²) >= 11 is 1.42. The van der Waals surface area contributed by atoms with Gasteiger partial charge in [-0.25, -0.2) is 0 Å². The predicted molar refractivity (Wildman–Crippen MR) is 127 cm³/mol. The van der Waals surface area contributed by atoms with E-state index in [1.807, 2.05) is 51.1 Å². The van der Waals surface area contributed by atoms with Crippen LogP contribution in [0.15, 0.2) is 71.6 Å². The fraction of sp³-hybridized carbons (Fsp3) is 0.167. The van der Waals surface area contributed by atoms with E-state index in [2.05, 4.69) is 10.6 Å². The number of carbonyl (C=O) groups excluding carboxylic acids is 2. The Hall–Kier alpha value is -3.65. The van der Waals surface area contributed by atoms with E-state index in [1.165, 1.54) is 36.0 Å². The first-order valence-electron chi connectivity index (χ1n) is 9.93. The van der Waals surface area contributed by atoms with Gasteiger partial charge in [-0.15, -0.1) is 11.8 Å². The smallest absolute Gasteiger partial charge is 0.269 e. The average Bonchev–Trinajstić information content (AvgIpc) is 2.77. The second kappa shape index (κ2) is 10.1. The molecule has 0 saturated carbocycles. The maximum Gasteiger partial charge on any atom is 0.269 e. The molecule has 0 saturated heterocycles. The molecule has 3 aromatic rings. The van der Waals surface area contributed by atoms with Crippen molar-refractivity contribution in [3.8, 4) is 0 Å². The number of nitro groups is 1. The van der Waals surface area contributed by atoms with Crippen molar-refractivity contribution < 1.29 is 14.5 Å². The van der Waals surface area contributed by atoms with E-state index in [9.17, 15) is 19.7 Å². The first-order valence-corrected chi connectivity index (χ1v) is 10.8. The second-order valence-corrected chi connectivity index (χ2v) is 8.76. The van der Waals surface area contributed by atoms with Gasteiger partial charge in [0.25, 0.3) is 11.6 Å². The van der Waals surface area contributed by atoms with E-state index in [0.717, 1.165) is 21.7 Å². The second-order valence-electron chi connectivity index (χ2n) is 7.35. The van der Waals surface area contributed by atoms with E-state index in [0.29, 0.717) is 11.3 Å². The summed E-state index contributed by atoms with van der Waals surface area (Å²) in [5.74, 6) is -0.445. The third-order valence-corrected chi connectivity index (χ3v) is 5.89. The van der Waals surface area contributed by atoms with E-state index < -0.39 is 4.92 Å². The summed E-state index contributed by atoms with van der Waals surface area (Å²) in [7, 11) is 0. The maximum absolute atomic E-state index is 12.6. The first kappa shape index (κ1) is 23.0. The highest BCUT2D eigenvalue weighted by Gasteiger charge is 2.16. The molecule has 164 valence electrons. The van der Waals surface area contributed by atoms with Gasteiger partial charge in [-0.1, -0.05) is 17.7 Å². The van der Waals surface area contributed by atoms with Crippen LogP contribution in [0.5, 0.6) is 0 Å². The standard InChI is InChI=1S/C24H23N3O4S/c1-15-4-13-22(16(2)14-15)26-23(28)17(3)32-21-11-7-19(8-12-21)25-24(29)18-5-9-20(10-6-18)27(30)31/h4-14,17H,1-3H3,(H,25,29)(H,26,28). The van der Waals surface area contributed by atoms with Crippen molar-refractivity contribution in [2.75, 3.05) is 10.6 Å². The van der Waals surface area contributed by atoms with Crippen LogP contribution in [-0.4, -0.2) is 22.0 Å². The molecule has 0 aromatic heterocycles. The summed E-state index contributed by atoms with van der Waals surface area (Å²) in [4.78, 5) is 36.0. The zero-order chi connectivity index (χ0) is 23.3. The lowest BCUT2D eigenvalue weighted by atomic mass is 10.1. The van der Waals surface area contributed by atoms with E-state index in [4.69, 9.17) is 0 Å². The monoisotopic (exact) mass is 449 g/mol. The lowest BCUT2D eigenvalue weighted by molar-refractivity contribution is -0.384. The molecule has 8 heteroatoms. The molecule has 32 heavy (non-hydrogen) atoms. The van der Waals surface area contributed by atoms with Gasteiger partial charge in [0.2, 0.25) is 5.91 Å². The highest BCUT2D eigenvalue weighted by Crippen LogP contribution is 2.26. The average molecular weight is 450 g/mol. The van der Waals surface area contributed by atoms with Gasteiger partial charge in [-0.2, -0.15) is 0 Å². The van der Waals surface area contributed by atoms with Crippen LogP contribution >= 0.6 is 11.8 Å². The van der Waals surface area contributed by atoms with Gasteiger partial charge >= 0.3 is 0 Å². The number of aryl methyl sites for hydroxylation is 2. The number of nitrogens with zero attached hydrogens (tertiary/aromatic N) is 1. The van der Waals surface area contributed by atoms with Crippen molar-refractivity contribution >= 4 is 40.6 Å². The van der Waals surface area contributed by atoms with E-state index in [-0.39, 0.29) is 22.8 Å². The molecule has 0 radical (unpaired) electrons. The molecule has 0 fully saturated rings. The van der Waals surface area contributed by atoms with Gasteiger partial charge in [0.15, 0.2) is 0 Å². The molecular weight excluding hydrogens is 426 g/mol. The van der Waals surface area contributed by atoms with Crippen LogP contribution in [0.2, 0.25) is 0 Å². The Morgan fingerprint density at radius 1 is 0.938 bits per heavy atom. The lowest BCUT2D eigenvalue weighted by Gasteiger charge is -2.14. The molecule has 0 spiro atoms. The van der Waals surface area contributed by atoms with Crippen LogP contribution in [0.25, 0.3) is 0 Å². The number of thioether (sulfide) groups is 1. The molecule has 2 N–H and O–H groups in total. The number of carbonyl (C=O) groups is 2. The molecule has 0 aliphatic rings. The number of hydrogen-bond donors (Lipinski definition) is 2. The van der Waals surface area contributed by atoms with Gasteiger partial charge in [-0.05, 0) is 68.8 Å². The van der Waals surface area contributed by atoms with Crippen molar-refractivity contribution in [2.24, 2.45) is 0 Å². The number of benzene rings is 3. The minimum Gasteiger partial charge on any atom is -0.325 e. The number of non-ortho nitro benzene ring substituents is 1. The highest BCUT2D eigenvalue weighted by molar-refractivity contribution is 8.00. The summed E-state index contributed by atoms with van der Waals surface area (Å²) in [6.45, 7) is 5.81. The zero-order valence-corrected chi connectivity index (χ0v) is 18.7. The van der Waals surface area contributed by atoms with Crippen LogP contribution in [0.1, 0.15) is 28.4 Å². The Morgan fingerprint density at radius 3 is 2.19 bits per heavy atom. The van der Waals surface area contributed by atoms with Crippen molar-refractivity contribution in [1.82, 2.24) is 0 Å². The minimum atomic E-state index is -0.513. The van der Waals surface area contributed by atoms with Gasteiger partial charge < -0.3 is 10.6 Å². The number of rotatable bonds is 7. The Morgan fingerprint density at radius 2 is 1.59 bits per heavy atom. The third-order valence-electron chi connectivity index (χ3n) is 4.77. The van der Waals surface area contributed by atoms with Crippen molar-refractivity contribution in [1.29, 1.82) is 0 Å². The number of hydrogen-bond acceptors (Lipinski definition) is 5. The molecule has 1 unspecified atom stereocenters. The Bertz CT molecular complexity index is 1140. The number of amides is 2. The van der Waals surface area contributed by atoms with Gasteiger partial charge in [-0.3, -0.25) is 19.7 Å². The Balaban J connectivity index is 1.57. The Kier molecular flexibility index (Phi) is 7.27. The van der Waals surface area contributed by atoms with E-state index in [1.54, 1.807) is 12.1 Å². The molecule has 0 aliphatic carbocycles. The van der Waals surface area contributed by atoms with Gasteiger partial charge in [0.05, 0.1) is 10.2 Å². The topological polar surface area (TPSA) is 101 Å². The fourth-order valence-corrected chi connectivity index (χ4v) is 3.87. The SMILES string of the molecule is Cc1ccc(NC(=O)C(C)Sc2ccc(NC(=O)c3ccc([N+](=O)[O-])cc3)cc2)c(C)c1. The summed E-state index contributed by atoms with van der Waals surface area (Å²) in [6.07, 6.45) is 0. The summed E-state index contributed by atoms with van der Waals surface area (Å²) < 4.78 is 0. The molecule has 2 amide bonds. The molecule has 0 heterocycles. The number of anilines is 2. The predicted octanol–water partition coefficient (Wildman–Crippen LogP) is 5.58. The number of nitrogens with one attached hydrogen (secondary N) is 2. The normalized spacial score (nSPS) is 11.5. The molecule has 0 bridgehead atoms. The van der Waals surface area contributed by atoms with Gasteiger partial charge in [0.1, 0.15) is 0 Å². The Labute approximate surface area is 190 Å². The highest BCUT2D eigenvalue weighted by atomic mass is 32.2. The van der Waals surface area contributed by atoms with E-state index >= 15 is 0 Å². The first-order chi connectivity index (χ1) is 15.2. The number of nitro benzene ring substituents is 1. The fourth-order valence-electron chi connectivity index (χ4n) is 3.00. The van der Waals surface area contributed by atoms with Crippen molar-refractivity contribution in [2.45, 2.75) is 30.9 Å². The molecular formula is C24H23N3O4S. The van der Waals surface area contributed by atoms with Crippen LogP contribution in [0, 0.1) is 24.0 Å². The van der Waals surface area contributed by atoms with Crippen molar-refractivity contribution in [3.05, 3.63) is 93.5 Å². The summed E-state index contributed by atoms with van der Waals surface area (Å²) in [5.41, 5.74) is 3.80.